The molecule has 0 radical (unpaired) electrons. The van der Waals surface area contributed by atoms with Gasteiger partial charge >= 0.3 is 13.7 Å². The SMILES string of the molecule is CC(C)N([C@@H](C)C(=O)O)[P@](=O)(Oc1ccc(C2CC2)cc1)Oc1c(F)c(F)c(F)c(F)c1F. The Kier molecular flexibility index (Phi) is 7.04. The van der Waals surface area contributed by atoms with Gasteiger partial charge in [-0.3, -0.25) is 4.79 Å². The van der Waals surface area contributed by atoms with Gasteiger partial charge in [0.05, 0.1) is 0 Å². The molecule has 0 spiro atoms. The predicted octanol–water partition coefficient (Wildman–Crippen LogP) is 6.01. The molecular formula is C21H21F5NO5P. The van der Waals surface area contributed by atoms with Crippen LogP contribution in [-0.4, -0.2) is 27.8 Å². The third-order valence-corrected chi connectivity index (χ3v) is 7.32. The van der Waals surface area contributed by atoms with Crippen molar-refractivity contribution < 1.29 is 45.5 Å². The lowest BCUT2D eigenvalue weighted by atomic mass is 10.1. The topological polar surface area (TPSA) is 76.1 Å². The van der Waals surface area contributed by atoms with Crippen LogP contribution in [0.1, 0.15) is 45.1 Å². The highest BCUT2D eigenvalue weighted by Crippen LogP contribution is 2.55. The van der Waals surface area contributed by atoms with Crippen molar-refractivity contribution in [2.24, 2.45) is 0 Å². The maximum atomic E-state index is 14.3. The number of hydrogen-bond donors (Lipinski definition) is 1. The molecule has 0 aromatic heterocycles. The van der Waals surface area contributed by atoms with Crippen molar-refractivity contribution >= 4 is 13.7 Å². The van der Waals surface area contributed by atoms with E-state index in [0.29, 0.717) is 10.6 Å². The molecule has 6 nitrogen and oxygen atoms in total. The van der Waals surface area contributed by atoms with Crippen LogP contribution in [0, 0.1) is 29.1 Å². The van der Waals surface area contributed by atoms with Crippen LogP contribution in [0.3, 0.4) is 0 Å². The Balaban J connectivity index is 2.10. The van der Waals surface area contributed by atoms with Crippen LogP contribution in [0.5, 0.6) is 11.5 Å². The minimum Gasteiger partial charge on any atom is -0.480 e. The number of carbonyl (C=O) groups is 1. The molecule has 2 atom stereocenters. The van der Waals surface area contributed by atoms with Gasteiger partial charge in [0.2, 0.25) is 34.8 Å². The molecule has 0 amide bonds. The lowest BCUT2D eigenvalue weighted by Crippen LogP contribution is -2.43. The average Bonchev–Trinajstić information content (AvgIpc) is 3.59. The number of benzene rings is 2. The van der Waals surface area contributed by atoms with Gasteiger partial charge in [-0.2, -0.15) is 13.5 Å². The molecule has 1 fully saturated rings. The number of rotatable bonds is 9. The van der Waals surface area contributed by atoms with E-state index in [-0.39, 0.29) is 5.75 Å². The Labute approximate surface area is 186 Å². The maximum Gasteiger partial charge on any atom is 0.516 e. The summed E-state index contributed by atoms with van der Waals surface area (Å²) in [5.74, 6) is -14.9. The van der Waals surface area contributed by atoms with Gasteiger partial charge in [-0.15, -0.1) is 0 Å². The van der Waals surface area contributed by atoms with E-state index in [1.165, 1.54) is 26.0 Å². The standard InChI is InChI=1S/C21H21F5NO5P/c1-10(2)27(11(3)21(28)29)33(30,31-14-8-6-13(7-9-14)12-4-5-12)32-20-18(25)16(23)15(22)17(24)19(20)26/h6-12H,4-5H2,1-3H3,(H,28,29)/t11-,33-/m0/s1. The van der Waals surface area contributed by atoms with Gasteiger partial charge in [0.15, 0.2) is 0 Å². The summed E-state index contributed by atoms with van der Waals surface area (Å²) in [6.07, 6.45) is 2.00. The highest BCUT2D eigenvalue weighted by atomic mass is 31.2. The van der Waals surface area contributed by atoms with Crippen molar-refractivity contribution in [1.82, 2.24) is 4.67 Å². The van der Waals surface area contributed by atoms with Gasteiger partial charge in [-0.05, 0) is 57.2 Å². The van der Waals surface area contributed by atoms with Crippen LogP contribution in [0.15, 0.2) is 24.3 Å². The van der Waals surface area contributed by atoms with E-state index >= 15 is 0 Å². The minimum atomic E-state index is -5.05. The molecule has 0 aliphatic heterocycles. The van der Waals surface area contributed by atoms with Gasteiger partial charge in [-0.1, -0.05) is 12.1 Å². The zero-order valence-electron chi connectivity index (χ0n) is 17.8. The molecular weight excluding hydrogens is 472 g/mol. The highest BCUT2D eigenvalue weighted by molar-refractivity contribution is 7.52. The summed E-state index contributed by atoms with van der Waals surface area (Å²) < 4.78 is 94.2. The van der Waals surface area contributed by atoms with Crippen molar-refractivity contribution in [3.63, 3.8) is 0 Å². The fraction of sp³-hybridized carbons (Fsp3) is 0.381. The van der Waals surface area contributed by atoms with E-state index in [1.54, 1.807) is 12.1 Å². The van der Waals surface area contributed by atoms with E-state index in [9.17, 15) is 36.4 Å². The number of hydrogen-bond acceptors (Lipinski definition) is 4. The highest BCUT2D eigenvalue weighted by Gasteiger charge is 2.46. The third-order valence-electron chi connectivity index (χ3n) is 5.09. The molecule has 12 heteroatoms. The zero-order chi connectivity index (χ0) is 24.7. The van der Waals surface area contributed by atoms with Crippen LogP contribution in [0.2, 0.25) is 0 Å². The van der Waals surface area contributed by atoms with Gasteiger partial charge < -0.3 is 14.2 Å². The monoisotopic (exact) mass is 493 g/mol. The number of halogens is 5. The van der Waals surface area contributed by atoms with Crippen molar-refractivity contribution in [2.75, 3.05) is 0 Å². The lowest BCUT2D eigenvalue weighted by molar-refractivity contribution is -0.141. The fourth-order valence-electron chi connectivity index (χ4n) is 3.30. The molecule has 180 valence electrons. The van der Waals surface area contributed by atoms with Gasteiger partial charge in [0, 0.05) is 6.04 Å². The van der Waals surface area contributed by atoms with E-state index < -0.39 is 60.6 Å². The van der Waals surface area contributed by atoms with E-state index in [4.69, 9.17) is 9.05 Å². The van der Waals surface area contributed by atoms with Crippen LogP contribution < -0.4 is 9.05 Å². The molecule has 2 aromatic rings. The summed E-state index contributed by atoms with van der Waals surface area (Å²) in [5.41, 5.74) is 0.970. The number of carboxylic acids is 1. The summed E-state index contributed by atoms with van der Waals surface area (Å²) in [5, 5.41) is 9.44. The number of nitrogens with zero attached hydrogens (tertiary/aromatic N) is 1. The largest absolute Gasteiger partial charge is 0.516 e. The molecule has 3 rings (SSSR count). The Morgan fingerprint density at radius 2 is 1.42 bits per heavy atom. The van der Waals surface area contributed by atoms with E-state index in [0.717, 1.165) is 25.3 Å². The number of aliphatic carboxylic acids is 1. The molecule has 1 saturated carbocycles. The molecule has 1 aliphatic rings. The maximum absolute atomic E-state index is 14.3. The number of carboxylic acid groups (broad SMARTS) is 1. The summed E-state index contributed by atoms with van der Waals surface area (Å²) in [6.45, 7) is 3.90. The smallest absolute Gasteiger partial charge is 0.480 e. The second-order valence-corrected chi connectivity index (χ2v) is 9.65. The van der Waals surface area contributed by atoms with Crippen LogP contribution in [-0.2, 0) is 9.36 Å². The predicted molar refractivity (Wildman–Crippen MR) is 108 cm³/mol. The molecule has 1 aliphatic carbocycles. The lowest BCUT2D eigenvalue weighted by Gasteiger charge is -2.35. The van der Waals surface area contributed by atoms with Crippen molar-refractivity contribution in [1.29, 1.82) is 0 Å². The minimum absolute atomic E-state index is 0.116. The first-order valence-electron chi connectivity index (χ1n) is 9.99. The molecule has 33 heavy (non-hydrogen) atoms. The molecule has 2 aromatic carbocycles. The van der Waals surface area contributed by atoms with Gasteiger partial charge in [0.1, 0.15) is 11.8 Å². The van der Waals surface area contributed by atoms with Crippen LogP contribution >= 0.6 is 7.75 Å². The molecule has 0 unspecified atom stereocenters. The Morgan fingerprint density at radius 1 is 0.939 bits per heavy atom. The first-order valence-corrected chi connectivity index (χ1v) is 11.5. The molecule has 0 heterocycles. The average molecular weight is 493 g/mol. The zero-order valence-corrected chi connectivity index (χ0v) is 18.7. The van der Waals surface area contributed by atoms with Gasteiger partial charge in [0.25, 0.3) is 0 Å². The third kappa shape index (κ3) is 4.99. The Morgan fingerprint density at radius 3 is 1.85 bits per heavy atom. The Bertz CT molecular complexity index is 1080. The van der Waals surface area contributed by atoms with E-state index in [1.807, 2.05) is 0 Å². The summed E-state index contributed by atoms with van der Waals surface area (Å²) in [6, 6.07) is 3.63. The van der Waals surface area contributed by atoms with Crippen LogP contribution in [0.4, 0.5) is 22.0 Å². The molecule has 0 bridgehead atoms. The van der Waals surface area contributed by atoms with Crippen molar-refractivity contribution in [3.8, 4) is 11.5 Å². The fourth-order valence-corrected chi connectivity index (χ4v) is 5.39. The first kappa shape index (κ1) is 25.0. The second kappa shape index (κ2) is 9.30. The summed E-state index contributed by atoms with van der Waals surface area (Å²) in [4.78, 5) is 11.6. The van der Waals surface area contributed by atoms with E-state index in [2.05, 4.69) is 0 Å². The van der Waals surface area contributed by atoms with Gasteiger partial charge in [-0.25, -0.2) is 17.7 Å². The van der Waals surface area contributed by atoms with Crippen LogP contribution in [0.25, 0.3) is 0 Å². The Hall–Kier alpha value is -2.65. The second-order valence-electron chi connectivity index (χ2n) is 7.88. The quantitative estimate of drug-likeness (QED) is 0.200. The molecule has 1 N–H and O–H groups in total. The van der Waals surface area contributed by atoms with Crippen molar-refractivity contribution in [3.05, 3.63) is 58.9 Å². The normalized spacial score (nSPS) is 16.5. The summed E-state index contributed by atoms with van der Waals surface area (Å²) >= 11 is 0. The molecule has 0 saturated heterocycles. The summed E-state index contributed by atoms with van der Waals surface area (Å²) in [7, 11) is -5.05. The van der Waals surface area contributed by atoms with Crippen molar-refractivity contribution in [2.45, 2.75) is 51.6 Å². The first-order chi connectivity index (χ1) is 15.4.